The summed E-state index contributed by atoms with van der Waals surface area (Å²) in [7, 11) is 0. The molecule has 63 valence electrons. The Morgan fingerprint density at radius 1 is 1.55 bits per heavy atom. The normalized spacial score (nSPS) is 11.6. The van der Waals surface area contributed by atoms with Crippen LogP contribution in [0.3, 0.4) is 0 Å². The van der Waals surface area contributed by atoms with Gasteiger partial charge in [0, 0.05) is 12.1 Å². The smallest absolute Gasteiger partial charge is 0.213 e. The van der Waals surface area contributed by atoms with Crippen molar-refractivity contribution in [3.63, 3.8) is 0 Å². The van der Waals surface area contributed by atoms with Gasteiger partial charge in [-0.05, 0) is 20.8 Å². The summed E-state index contributed by atoms with van der Waals surface area (Å²) < 4.78 is 0. The summed E-state index contributed by atoms with van der Waals surface area (Å²) in [6.07, 6.45) is 3.68. The molecule has 0 aromatic rings. The van der Waals surface area contributed by atoms with E-state index in [1.807, 2.05) is 11.2 Å². The summed E-state index contributed by atoms with van der Waals surface area (Å²) >= 11 is 0. The molecule has 2 nitrogen and oxygen atoms in total. The minimum absolute atomic E-state index is 0.0194. The van der Waals surface area contributed by atoms with Crippen LogP contribution in [0.1, 0.15) is 20.8 Å². The Kier molecular flexibility index (Phi) is 4.04. The zero-order valence-corrected chi connectivity index (χ0v) is 7.55. The Morgan fingerprint density at radius 2 is 2.09 bits per heavy atom. The van der Waals surface area contributed by atoms with Crippen LogP contribution in [0.5, 0.6) is 0 Å². The molecular weight excluding hydrogens is 138 g/mol. The maximum Gasteiger partial charge on any atom is 0.213 e. The van der Waals surface area contributed by atoms with Crippen molar-refractivity contribution in [1.82, 2.24) is 4.90 Å². The first-order chi connectivity index (χ1) is 5.02. The van der Waals surface area contributed by atoms with E-state index in [2.05, 4.69) is 27.4 Å². The maximum atomic E-state index is 10.1. The van der Waals surface area contributed by atoms with Gasteiger partial charge in [-0.2, -0.15) is 0 Å². The quantitative estimate of drug-likeness (QED) is 0.570. The van der Waals surface area contributed by atoms with Crippen molar-refractivity contribution >= 4 is 6.29 Å². The van der Waals surface area contributed by atoms with Crippen molar-refractivity contribution in [2.24, 2.45) is 0 Å². The van der Waals surface area contributed by atoms with E-state index in [0.717, 1.165) is 6.54 Å². The molecule has 0 bridgehead atoms. The van der Waals surface area contributed by atoms with E-state index in [1.54, 1.807) is 6.08 Å². The molecule has 2 heteroatoms. The van der Waals surface area contributed by atoms with E-state index < -0.39 is 0 Å². The topological polar surface area (TPSA) is 20.3 Å². The Balaban J connectivity index is 4.08. The van der Waals surface area contributed by atoms with E-state index in [0.29, 0.717) is 6.54 Å². The highest BCUT2D eigenvalue weighted by Gasteiger charge is 2.18. The second-order valence-electron chi connectivity index (χ2n) is 3.48. The molecule has 0 aliphatic heterocycles. The van der Waals surface area contributed by atoms with Gasteiger partial charge in [-0.15, -0.1) is 6.58 Å². The van der Waals surface area contributed by atoms with Gasteiger partial charge in [-0.1, -0.05) is 6.08 Å². The molecule has 0 saturated heterocycles. The van der Waals surface area contributed by atoms with E-state index in [4.69, 9.17) is 0 Å². The fraction of sp³-hybridized carbons (Fsp3) is 0.667. The fourth-order valence-electron chi connectivity index (χ4n) is 0.809. The van der Waals surface area contributed by atoms with Crippen molar-refractivity contribution in [1.29, 1.82) is 0 Å². The van der Waals surface area contributed by atoms with Crippen molar-refractivity contribution < 1.29 is 4.79 Å². The number of hydrogen-bond donors (Lipinski definition) is 0. The van der Waals surface area contributed by atoms with Crippen LogP contribution >= 0.6 is 0 Å². The minimum atomic E-state index is 0.0194. The van der Waals surface area contributed by atoms with Crippen LogP contribution in [0, 0.1) is 0 Å². The second-order valence-corrected chi connectivity index (χ2v) is 3.48. The van der Waals surface area contributed by atoms with Crippen LogP contribution in [0.2, 0.25) is 0 Å². The Hall–Kier alpha value is -0.630. The van der Waals surface area contributed by atoms with E-state index in [9.17, 15) is 4.79 Å². The van der Waals surface area contributed by atoms with E-state index >= 15 is 0 Å². The van der Waals surface area contributed by atoms with Crippen LogP contribution in [-0.2, 0) is 4.79 Å². The zero-order valence-electron chi connectivity index (χ0n) is 7.55. The van der Waals surface area contributed by atoms with Gasteiger partial charge in [-0.3, -0.25) is 9.69 Å². The molecule has 0 aromatic heterocycles. The lowest BCUT2D eigenvalue weighted by Crippen LogP contribution is -2.42. The van der Waals surface area contributed by atoms with Crippen molar-refractivity contribution in [2.75, 3.05) is 13.1 Å². The summed E-state index contributed by atoms with van der Waals surface area (Å²) in [5.41, 5.74) is 0.0194. The fourth-order valence-corrected chi connectivity index (χ4v) is 0.809. The lowest BCUT2D eigenvalue weighted by Gasteiger charge is -2.32. The molecule has 0 saturated carbocycles. The molecule has 0 rings (SSSR count). The van der Waals surface area contributed by atoms with Crippen molar-refractivity contribution in [3.05, 3.63) is 12.7 Å². The SMILES string of the molecule is C=CCN(C[C]=O)C(C)(C)C. The first-order valence-electron chi connectivity index (χ1n) is 3.73. The van der Waals surface area contributed by atoms with Gasteiger partial charge in [0.1, 0.15) is 0 Å². The summed E-state index contributed by atoms with van der Waals surface area (Å²) in [6.45, 7) is 10.9. The molecule has 0 unspecified atom stereocenters. The molecule has 0 aliphatic rings. The third-order valence-corrected chi connectivity index (χ3v) is 1.55. The molecule has 0 spiro atoms. The Bertz CT molecular complexity index is 125. The molecule has 0 N–H and O–H groups in total. The predicted octanol–water partition coefficient (Wildman–Crippen LogP) is 1.38. The van der Waals surface area contributed by atoms with Crippen LogP contribution in [0.25, 0.3) is 0 Å². The minimum Gasteiger partial charge on any atom is -0.289 e. The average molecular weight is 154 g/mol. The van der Waals surface area contributed by atoms with Gasteiger partial charge in [-0.25, -0.2) is 0 Å². The second kappa shape index (κ2) is 4.29. The predicted molar refractivity (Wildman–Crippen MR) is 47.2 cm³/mol. The van der Waals surface area contributed by atoms with Crippen molar-refractivity contribution in [2.45, 2.75) is 26.3 Å². The number of rotatable bonds is 4. The first kappa shape index (κ1) is 10.4. The molecule has 0 atom stereocenters. The Labute approximate surface area is 68.9 Å². The molecule has 0 aliphatic carbocycles. The molecule has 0 fully saturated rings. The van der Waals surface area contributed by atoms with Crippen molar-refractivity contribution in [3.8, 4) is 0 Å². The third-order valence-electron chi connectivity index (χ3n) is 1.55. The van der Waals surface area contributed by atoms with Gasteiger partial charge in [0.2, 0.25) is 6.29 Å². The third kappa shape index (κ3) is 3.94. The molecule has 1 radical (unpaired) electrons. The van der Waals surface area contributed by atoms with Crippen LogP contribution in [0.4, 0.5) is 0 Å². The summed E-state index contributed by atoms with van der Waals surface area (Å²) in [6, 6.07) is 0. The lowest BCUT2D eigenvalue weighted by molar-refractivity contribution is 0.177. The highest BCUT2D eigenvalue weighted by Crippen LogP contribution is 2.11. The zero-order chi connectivity index (χ0) is 8.91. The molecular formula is C9H16NO. The maximum absolute atomic E-state index is 10.1. The molecule has 0 amide bonds. The van der Waals surface area contributed by atoms with Crippen LogP contribution in [0.15, 0.2) is 12.7 Å². The standard InChI is InChI=1S/C9H16NO/c1-5-6-10(7-8-11)9(2,3)4/h5H,1,6-7H2,2-4H3. The largest absolute Gasteiger partial charge is 0.289 e. The number of nitrogens with zero attached hydrogens (tertiary/aromatic N) is 1. The van der Waals surface area contributed by atoms with Gasteiger partial charge in [0.05, 0.1) is 6.54 Å². The van der Waals surface area contributed by atoms with Crippen LogP contribution < -0.4 is 0 Å². The Morgan fingerprint density at radius 3 is 2.36 bits per heavy atom. The van der Waals surface area contributed by atoms with E-state index in [-0.39, 0.29) is 5.54 Å². The first-order valence-corrected chi connectivity index (χ1v) is 3.73. The summed E-state index contributed by atoms with van der Waals surface area (Å²) in [5, 5.41) is 0. The lowest BCUT2D eigenvalue weighted by atomic mass is 10.1. The summed E-state index contributed by atoms with van der Waals surface area (Å²) in [4.78, 5) is 12.1. The van der Waals surface area contributed by atoms with E-state index in [1.165, 1.54) is 0 Å². The summed E-state index contributed by atoms with van der Waals surface area (Å²) in [5.74, 6) is 0. The van der Waals surface area contributed by atoms with Gasteiger partial charge < -0.3 is 0 Å². The monoisotopic (exact) mass is 154 g/mol. The van der Waals surface area contributed by atoms with Crippen LogP contribution in [-0.4, -0.2) is 29.8 Å². The number of hydrogen-bond acceptors (Lipinski definition) is 2. The highest BCUT2D eigenvalue weighted by molar-refractivity contribution is 5.53. The molecule has 11 heavy (non-hydrogen) atoms. The molecule has 0 heterocycles. The number of carbonyl (C=O) groups excluding carboxylic acids is 1. The van der Waals surface area contributed by atoms with Gasteiger partial charge in [0.15, 0.2) is 0 Å². The highest BCUT2D eigenvalue weighted by atomic mass is 16.1. The average Bonchev–Trinajstić information content (AvgIpc) is 1.85. The van der Waals surface area contributed by atoms with Gasteiger partial charge in [0.25, 0.3) is 0 Å². The molecule has 0 aromatic carbocycles. The van der Waals surface area contributed by atoms with Gasteiger partial charge >= 0.3 is 0 Å².